The Morgan fingerprint density at radius 2 is 1.78 bits per heavy atom. The number of nitrogens with zero attached hydrogens (tertiary/aromatic N) is 1. The Bertz CT molecular complexity index is 583. The Morgan fingerprint density at radius 1 is 1.13 bits per heavy atom. The minimum Gasteiger partial charge on any atom is -0.486 e. The zero-order chi connectivity index (χ0) is 15.1. The van der Waals surface area contributed by atoms with Gasteiger partial charge in [0.05, 0.1) is 0 Å². The Hall–Kier alpha value is -1.46. The van der Waals surface area contributed by atoms with E-state index in [0.29, 0.717) is 42.7 Å². The number of hydrogen-bond acceptors (Lipinski definition) is 4. The van der Waals surface area contributed by atoms with E-state index in [1.807, 2.05) is 30.1 Å². The number of carbonyl (C=O) groups is 1. The summed E-state index contributed by atoms with van der Waals surface area (Å²) in [5, 5.41) is 3.62. The van der Waals surface area contributed by atoms with E-state index in [1.165, 1.54) is 12.8 Å². The quantitative estimate of drug-likeness (QED) is 0.898. The molecule has 2 saturated heterocycles. The molecule has 2 fully saturated rings. The Balaban J connectivity index is 0.00000156. The van der Waals surface area contributed by atoms with Gasteiger partial charge in [0.25, 0.3) is 5.91 Å². The molecule has 2 atom stereocenters. The monoisotopic (exact) mass is 338 g/mol. The van der Waals surface area contributed by atoms with E-state index in [2.05, 4.69) is 5.32 Å². The highest BCUT2D eigenvalue weighted by Gasteiger charge is 2.36. The maximum absolute atomic E-state index is 12.8. The molecule has 23 heavy (non-hydrogen) atoms. The molecule has 1 amide bonds. The fourth-order valence-electron chi connectivity index (χ4n) is 3.89. The lowest BCUT2D eigenvalue weighted by molar-refractivity contribution is 0.0680. The van der Waals surface area contributed by atoms with Crippen LogP contribution in [-0.2, 0) is 0 Å². The molecule has 0 aromatic heterocycles. The van der Waals surface area contributed by atoms with Gasteiger partial charge in [0.1, 0.15) is 13.2 Å². The highest BCUT2D eigenvalue weighted by Crippen LogP contribution is 2.33. The van der Waals surface area contributed by atoms with Crippen molar-refractivity contribution >= 4 is 18.3 Å². The van der Waals surface area contributed by atoms with Gasteiger partial charge in [0.2, 0.25) is 0 Å². The minimum atomic E-state index is 0. The molecule has 3 aliphatic rings. The van der Waals surface area contributed by atoms with Gasteiger partial charge in [-0.25, -0.2) is 0 Å². The highest BCUT2D eigenvalue weighted by molar-refractivity contribution is 5.95. The van der Waals surface area contributed by atoms with Crippen LogP contribution in [0.3, 0.4) is 0 Å². The number of rotatable bonds is 2. The fourth-order valence-corrected chi connectivity index (χ4v) is 3.89. The van der Waals surface area contributed by atoms with Crippen LogP contribution in [0.15, 0.2) is 18.2 Å². The molecule has 3 heterocycles. The zero-order valence-corrected chi connectivity index (χ0v) is 14.1. The van der Waals surface area contributed by atoms with Crippen LogP contribution in [0.1, 0.15) is 36.0 Å². The first-order valence-electron chi connectivity index (χ1n) is 8.13. The summed E-state index contributed by atoms with van der Waals surface area (Å²) < 4.78 is 11.1. The van der Waals surface area contributed by atoms with E-state index in [4.69, 9.17) is 9.47 Å². The van der Waals surface area contributed by atoms with E-state index < -0.39 is 0 Å². The molecule has 0 saturated carbocycles. The van der Waals surface area contributed by atoms with Crippen molar-refractivity contribution in [2.45, 2.75) is 43.8 Å². The van der Waals surface area contributed by atoms with E-state index in [9.17, 15) is 4.79 Å². The molecule has 4 rings (SSSR count). The number of piperidine rings is 1. The summed E-state index contributed by atoms with van der Waals surface area (Å²) in [5.41, 5.74) is 0.678. The molecule has 3 aliphatic heterocycles. The smallest absolute Gasteiger partial charge is 0.253 e. The normalized spacial score (nSPS) is 28.0. The van der Waals surface area contributed by atoms with Crippen LogP contribution in [0.4, 0.5) is 0 Å². The van der Waals surface area contributed by atoms with Gasteiger partial charge >= 0.3 is 0 Å². The maximum atomic E-state index is 12.8. The average Bonchev–Trinajstić information content (AvgIpc) is 2.91. The number of carbonyl (C=O) groups excluding carboxylic acids is 1. The molecule has 0 aliphatic carbocycles. The topological polar surface area (TPSA) is 50.8 Å². The molecule has 6 heteroatoms. The van der Waals surface area contributed by atoms with Gasteiger partial charge < -0.3 is 19.7 Å². The number of nitrogens with one attached hydrogen (secondary N) is 1. The SMILES string of the molecule is CN(C(=O)c1ccc2c(c1)OCCO2)C1CC2CCC(C1)N2.Cl. The second-order valence-electron chi connectivity index (χ2n) is 6.54. The molecule has 1 N–H and O–H groups in total. The van der Waals surface area contributed by atoms with Gasteiger partial charge in [0, 0.05) is 30.7 Å². The van der Waals surface area contributed by atoms with Gasteiger partial charge in [-0.2, -0.15) is 0 Å². The first kappa shape index (κ1) is 16.4. The Kier molecular flexibility index (Phi) is 4.69. The predicted octanol–water partition coefficient (Wildman–Crippen LogP) is 2.23. The lowest BCUT2D eigenvalue weighted by Gasteiger charge is -2.35. The lowest BCUT2D eigenvalue weighted by atomic mass is 9.98. The summed E-state index contributed by atoms with van der Waals surface area (Å²) >= 11 is 0. The van der Waals surface area contributed by atoms with Crippen LogP contribution < -0.4 is 14.8 Å². The largest absolute Gasteiger partial charge is 0.486 e. The van der Waals surface area contributed by atoms with Crippen LogP contribution in [0, 0.1) is 0 Å². The number of benzene rings is 1. The van der Waals surface area contributed by atoms with Gasteiger partial charge in [-0.3, -0.25) is 4.79 Å². The van der Waals surface area contributed by atoms with Gasteiger partial charge in [-0.15, -0.1) is 12.4 Å². The summed E-state index contributed by atoms with van der Waals surface area (Å²) in [4.78, 5) is 14.7. The van der Waals surface area contributed by atoms with Crippen molar-refractivity contribution in [1.29, 1.82) is 0 Å². The second-order valence-corrected chi connectivity index (χ2v) is 6.54. The lowest BCUT2D eigenvalue weighted by Crippen LogP contribution is -2.48. The van der Waals surface area contributed by atoms with Crippen molar-refractivity contribution in [2.24, 2.45) is 0 Å². The van der Waals surface area contributed by atoms with E-state index in [1.54, 1.807) is 0 Å². The predicted molar refractivity (Wildman–Crippen MR) is 89.7 cm³/mol. The molecule has 126 valence electrons. The van der Waals surface area contributed by atoms with Crippen LogP contribution in [-0.4, -0.2) is 49.2 Å². The van der Waals surface area contributed by atoms with Crippen molar-refractivity contribution in [1.82, 2.24) is 10.2 Å². The number of halogens is 1. The molecular weight excluding hydrogens is 316 g/mol. The van der Waals surface area contributed by atoms with Crippen molar-refractivity contribution < 1.29 is 14.3 Å². The third kappa shape index (κ3) is 3.12. The molecule has 2 unspecified atom stereocenters. The fraction of sp³-hybridized carbons (Fsp3) is 0.588. The highest BCUT2D eigenvalue weighted by atomic mass is 35.5. The van der Waals surface area contributed by atoms with E-state index in [-0.39, 0.29) is 18.3 Å². The first-order chi connectivity index (χ1) is 10.7. The summed E-state index contributed by atoms with van der Waals surface area (Å²) in [7, 11) is 1.93. The van der Waals surface area contributed by atoms with Crippen LogP contribution in [0.2, 0.25) is 0 Å². The van der Waals surface area contributed by atoms with Crippen LogP contribution in [0.5, 0.6) is 11.5 Å². The summed E-state index contributed by atoms with van der Waals surface area (Å²) in [6.45, 7) is 1.11. The van der Waals surface area contributed by atoms with Crippen molar-refractivity contribution in [2.75, 3.05) is 20.3 Å². The van der Waals surface area contributed by atoms with E-state index in [0.717, 1.165) is 18.6 Å². The molecule has 0 spiro atoms. The van der Waals surface area contributed by atoms with Crippen LogP contribution >= 0.6 is 12.4 Å². The maximum Gasteiger partial charge on any atom is 0.253 e. The van der Waals surface area contributed by atoms with Crippen molar-refractivity contribution in [3.05, 3.63) is 23.8 Å². The molecule has 2 bridgehead atoms. The van der Waals surface area contributed by atoms with Gasteiger partial charge in [-0.05, 0) is 43.9 Å². The molecule has 1 aromatic carbocycles. The van der Waals surface area contributed by atoms with Gasteiger partial charge in [-0.1, -0.05) is 0 Å². The number of hydrogen-bond donors (Lipinski definition) is 1. The third-order valence-electron chi connectivity index (χ3n) is 5.11. The summed E-state index contributed by atoms with van der Waals surface area (Å²) in [6.07, 6.45) is 4.60. The first-order valence-corrected chi connectivity index (χ1v) is 8.13. The number of amides is 1. The van der Waals surface area contributed by atoms with E-state index >= 15 is 0 Å². The summed E-state index contributed by atoms with van der Waals surface area (Å²) in [6, 6.07) is 6.98. The Morgan fingerprint density at radius 3 is 2.48 bits per heavy atom. The second kappa shape index (κ2) is 6.57. The van der Waals surface area contributed by atoms with Gasteiger partial charge in [0.15, 0.2) is 11.5 Å². The zero-order valence-electron chi connectivity index (χ0n) is 13.3. The van der Waals surface area contributed by atoms with Crippen molar-refractivity contribution in [3.8, 4) is 11.5 Å². The number of ether oxygens (including phenoxy) is 2. The third-order valence-corrected chi connectivity index (χ3v) is 5.11. The summed E-state index contributed by atoms with van der Waals surface area (Å²) in [5.74, 6) is 1.48. The molecule has 1 aromatic rings. The molecular formula is C17H23ClN2O3. The number of fused-ring (bicyclic) bond motifs is 3. The minimum absolute atomic E-state index is 0. The molecule has 0 radical (unpaired) electrons. The Labute approximate surface area is 142 Å². The average molecular weight is 339 g/mol. The van der Waals surface area contributed by atoms with Crippen molar-refractivity contribution in [3.63, 3.8) is 0 Å². The van der Waals surface area contributed by atoms with Crippen LogP contribution in [0.25, 0.3) is 0 Å². The standard InChI is InChI=1S/C17H22N2O3.ClH/c1-19(14-9-12-3-4-13(10-14)18-12)17(20)11-2-5-15-16(8-11)22-7-6-21-15;/h2,5,8,12-14,18H,3-4,6-7,9-10H2,1H3;1H. The molecule has 5 nitrogen and oxygen atoms in total.